The van der Waals surface area contributed by atoms with Gasteiger partial charge in [-0.1, -0.05) is 24.3 Å². The van der Waals surface area contributed by atoms with Crippen LogP contribution in [0.15, 0.2) is 53.4 Å². The van der Waals surface area contributed by atoms with Gasteiger partial charge in [0.05, 0.1) is 26.4 Å². The monoisotopic (exact) mass is 276 g/mol. The summed E-state index contributed by atoms with van der Waals surface area (Å²) in [7, 11) is -1.26. The van der Waals surface area contributed by atoms with Gasteiger partial charge >= 0.3 is 0 Å². The number of nitrogen functional groups attached to an aromatic ring is 1. The molecule has 0 aliphatic heterocycles. The van der Waals surface area contributed by atoms with Crippen LogP contribution in [0.4, 0.5) is 11.4 Å². The van der Waals surface area contributed by atoms with E-state index in [9.17, 15) is 14.3 Å². The number of nitro benzene ring substituents is 1. The number of benzene rings is 2. The number of nitrogens with two attached hydrogens (primary N) is 1. The Hall–Kier alpha value is -2.21. The number of nitro groups is 1. The maximum atomic E-state index is 12.2. The molecule has 0 aliphatic carbocycles. The fourth-order valence-electron chi connectivity index (χ4n) is 1.63. The van der Waals surface area contributed by atoms with Crippen molar-refractivity contribution in [2.75, 3.05) is 5.73 Å². The molecule has 98 valence electrons. The minimum Gasteiger partial charge on any atom is -0.398 e. The average Bonchev–Trinajstić information content (AvgIpc) is 2.39. The van der Waals surface area contributed by atoms with E-state index >= 15 is 0 Å². The van der Waals surface area contributed by atoms with E-state index in [0.29, 0.717) is 10.6 Å². The van der Waals surface area contributed by atoms with Crippen LogP contribution in [0, 0.1) is 10.1 Å². The summed E-state index contributed by atoms with van der Waals surface area (Å²) in [6.45, 7) is 0. The van der Waals surface area contributed by atoms with Gasteiger partial charge < -0.3 is 5.73 Å². The summed E-state index contributed by atoms with van der Waals surface area (Å²) in [5.41, 5.74) is 7.04. The number of non-ortho nitro benzene ring substituents is 1. The molecular weight excluding hydrogens is 264 g/mol. The third-order valence-corrected chi connectivity index (χ3v) is 4.07. The van der Waals surface area contributed by atoms with Gasteiger partial charge in [-0.25, -0.2) is 0 Å². The highest BCUT2D eigenvalue weighted by atomic mass is 32.2. The highest BCUT2D eigenvalue weighted by molar-refractivity contribution is 7.84. The number of para-hydroxylation sites is 1. The molecule has 0 aliphatic rings. The minimum atomic E-state index is -1.26. The number of hydrogen-bond donors (Lipinski definition) is 1. The molecule has 0 radical (unpaired) electrons. The first-order valence-corrected chi connectivity index (χ1v) is 6.86. The van der Waals surface area contributed by atoms with Crippen molar-refractivity contribution < 1.29 is 9.13 Å². The zero-order valence-electron chi connectivity index (χ0n) is 9.98. The quantitative estimate of drug-likeness (QED) is 0.528. The Morgan fingerprint density at radius 3 is 2.32 bits per heavy atom. The van der Waals surface area contributed by atoms with Gasteiger partial charge in [-0.05, 0) is 17.7 Å². The predicted molar refractivity (Wildman–Crippen MR) is 74.1 cm³/mol. The maximum Gasteiger partial charge on any atom is 0.269 e. The number of rotatable bonds is 4. The van der Waals surface area contributed by atoms with Gasteiger partial charge in [0.1, 0.15) is 0 Å². The highest BCUT2D eigenvalue weighted by Crippen LogP contribution is 2.20. The van der Waals surface area contributed by atoms with Crippen LogP contribution in [-0.4, -0.2) is 9.13 Å². The topological polar surface area (TPSA) is 86.2 Å². The van der Waals surface area contributed by atoms with Gasteiger partial charge in [0.15, 0.2) is 0 Å². The molecule has 0 fully saturated rings. The Balaban J connectivity index is 2.15. The van der Waals surface area contributed by atoms with Crippen LogP contribution in [0.3, 0.4) is 0 Å². The van der Waals surface area contributed by atoms with Crippen molar-refractivity contribution in [1.29, 1.82) is 0 Å². The SMILES string of the molecule is Nc1ccccc1S(=O)Cc1ccc([N+](=O)[O-])cc1. The lowest BCUT2D eigenvalue weighted by Crippen LogP contribution is -2.00. The molecule has 19 heavy (non-hydrogen) atoms. The molecule has 0 spiro atoms. The molecule has 1 unspecified atom stereocenters. The lowest BCUT2D eigenvalue weighted by Gasteiger charge is -2.05. The van der Waals surface area contributed by atoms with E-state index in [-0.39, 0.29) is 11.4 Å². The van der Waals surface area contributed by atoms with Crippen molar-refractivity contribution in [2.45, 2.75) is 10.6 Å². The summed E-state index contributed by atoms with van der Waals surface area (Å²) in [5.74, 6) is 0.284. The molecule has 5 nitrogen and oxygen atoms in total. The molecule has 0 saturated carbocycles. The first kappa shape index (κ1) is 13.2. The molecule has 2 N–H and O–H groups in total. The Morgan fingerprint density at radius 2 is 1.74 bits per heavy atom. The third-order valence-electron chi connectivity index (χ3n) is 2.61. The zero-order valence-corrected chi connectivity index (χ0v) is 10.8. The molecule has 1 atom stereocenters. The first-order valence-electron chi connectivity index (χ1n) is 5.54. The van der Waals surface area contributed by atoms with Crippen LogP contribution in [0.2, 0.25) is 0 Å². The van der Waals surface area contributed by atoms with E-state index in [1.165, 1.54) is 12.1 Å². The fourth-order valence-corrected chi connectivity index (χ4v) is 2.84. The molecule has 0 saturated heterocycles. The zero-order chi connectivity index (χ0) is 13.8. The average molecular weight is 276 g/mol. The van der Waals surface area contributed by atoms with Crippen molar-refractivity contribution >= 4 is 22.2 Å². The molecular formula is C13H12N2O3S. The van der Waals surface area contributed by atoms with Crippen LogP contribution in [0.25, 0.3) is 0 Å². The Morgan fingerprint density at radius 1 is 1.11 bits per heavy atom. The molecule has 0 bridgehead atoms. The second kappa shape index (κ2) is 5.62. The lowest BCUT2D eigenvalue weighted by molar-refractivity contribution is -0.384. The fraction of sp³-hybridized carbons (Fsp3) is 0.0769. The Labute approximate surface area is 112 Å². The van der Waals surface area contributed by atoms with Crippen LogP contribution in [-0.2, 0) is 16.6 Å². The predicted octanol–water partition coefficient (Wildman–Crippen LogP) is 2.48. The van der Waals surface area contributed by atoms with E-state index in [0.717, 1.165) is 5.56 Å². The summed E-state index contributed by atoms with van der Waals surface area (Å²) < 4.78 is 12.2. The minimum absolute atomic E-state index is 0.0220. The van der Waals surface area contributed by atoms with Crippen LogP contribution < -0.4 is 5.73 Å². The van der Waals surface area contributed by atoms with Gasteiger partial charge in [-0.3, -0.25) is 14.3 Å². The molecule has 0 heterocycles. The van der Waals surface area contributed by atoms with Crippen LogP contribution in [0.5, 0.6) is 0 Å². The van der Waals surface area contributed by atoms with E-state index in [4.69, 9.17) is 5.73 Å². The Bertz CT molecular complexity index is 626. The van der Waals surface area contributed by atoms with Crippen molar-refractivity contribution in [1.82, 2.24) is 0 Å². The maximum absolute atomic E-state index is 12.2. The largest absolute Gasteiger partial charge is 0.398 e. The standard InChI is InChI=1S/C13H12N2O3S/c14-12-3-1-2-4-13(12)19(18)9-10-5-7-11(8-6-10)15(16)17/h1-8H,9,14H2. The van der Waals surface area contributed by atoms with Gasteiger partial charge in [0.25, 0.3) is 5.69 Å². The normalized spacial score (nSPS) is 12.0. The molecule has 0 aromatic heterocycles. The molecule has 6 heteroatoms. The second-order valence-electron chi connectivity index (χ2n) is 3.95. The van der Waals surface area contributed by atoms with Crippen LogP contribution in [0.1, 0.15) is 5.56 Å². The van der Waals surface area contributed by atoms with E-state index in [2.05, 4.69) is 0 Å². The molecule has 2 aromatic rings. The van der Waals surface area contributed by atoms with Gasteiger partial charge in [0, 0.05) is 17.8 Å². The van der Waals surface area contributed by atoms with Crippen molar-refractivity contribution in [3.05, 3.63) is 64.2 Å². The van der Waals surface area contributed by atoms with E-state index in [1.54, 1.807) is 36.4 Å². The van der Waals surface area contributed by atoms with Gasteiger partial charge in [0.2, 0.25) is 0 Å². The summed E-state index contributed by atoms with van der Waals surface area (Å²) in [6, 6.07) is 13.0. The number of nitrogens with zero attached hydrogens (tertiary/aromatic N) is 1. The smallest absolute Gasteiger partial charge is 0.269 e. The van der Waals surface area contributed by atoms with Crippen molar-refractivity contribution in [2.24, 2.45) is 0 Å². The van der Waals surface area contributed by atoms with Crippen molar-refractivity contribution in [3.63, 3.8) is 0 Å². The van der Waals surface area contributed by atoms with Gasteiger partial charge in [-0.15, -0.1) is 0 Å². The third kappa shape index (κ3) is 3.17. The second-order valence-corrected chi connectivity index (χ2v) is 5.37. The molecule has 2 rings (SSSR count). The first-order chi connectivity index (χ1) is 9.08. The number of anilines is 1. The highest BCUT2D eigenvalue weighted by Gasteiger charge is 2.10. The molecule has 0 amide bonds. The number of hydrogen-bond acceptors (Lipinski definition) is 4. The Kier molecular flexibility index (Phi) is 3.91. The van der Waals surface area contributed by atoms with E-state index in [1.807, 2.05) is 0 Å². The van der Waals surface area contributed by atoms with Gasteiger partial charge in [-0.2, -0.15) is 0 Å². The summed E-state index contributed by atoms with van der Waals surface area (Å²) in [5, 5.41) is 10.5. The summed E-state index contributed by atoms with van der Waals surface area (Å²) in [6.07, 6.45) is 0. The molecule has 2 aromatic carbocycles. The van der Waals surface area contributed by atoms with E-state index < -0.39 is 15.7 Å². The lowest BCUT2D eigenvalue weighted by atomic mass is 10.2. The van der Waals surface area contributed by atoms with Crippen molar-refractivity contribution in [3.8, 4) is 0 Å². The summed E-state index contributed by atoms with van der Waals surface area (Å²) >= 11 is 0. The van der Waals surface area contributed by atoms with Crippen LogP contribution >= 0.6 is 0 Å². The summed E-state index contributed by atoms with van der Waals surface area (Å²) in [4.78, 5) is 10.7.